The number of carbonyl (C=O) groups is 1. The van der Waals surface area contributed by atoms with Gasteiger partial charge in [-0.15, -0.1) is 0 Å². The summed E-state index contributed by atoms with van der Waals surface area (Å²) in [6.45, 7) is 1.26. The fourth-order valence-electron chi connectivity index (χ4n) is 2.95. The van der Waals surface area contributed by atoms with E-state index in [1.165, 1.54) is 24.3 Å². The number of aromatic nitrogens is 1. The molecule has 0 radical (unpaired) electrons. The summed E-state index contributed by atoms with van der Waals surface area (Å²) in [5, 5.41) is 2.81. The second kappa shape index (κ2) is 9.34. The number of anilines is 1. The first kappa shape index (κ1) is 21.2. The molecule has 0 saturated carbocycles. The Kier molecular flexibility index (Phi) is 6.83. The lowest BCUT2D eigenvalue weighted by atomic mass is 10.2. The van der Waals surface area contributed by atoms with Crippen LogP contribution in [-0.4, -0.2) is 52.7 Å². The van der Waals surface area contributed by atoms with Gasteiger partial charge in [-0.1, -0.05) is 6.07 Å². The molecule has 0 bridgehead atoms. The SMILES string of the molecule is CN(C)c1ccc(CNC(=O)c2ccc(S(=O)(=O)NCC3CCCO3)cc2)cn1. The van der Waals surface area contributed by atoms with Crippen LogP contribution in [0.2, 0.25) is 0 Å². The van der Waals surface area contributed by atoms with Crippen molar-refractivity contribution in [1.29, 1.82) is 0 Å². The van der Waals surface area contributed by atoms with E-state index in [9.17, 15) is 13.2 Å². The number of hydrogen-bond acceptors (Lipinski definition) is 6. The number of pyridine rings is 1. The van der Waals surface area contributed by atoms with Crippen LogP contribution in [0.3, 0.4) is 0 Å². The first-order valence-electron chi connectivity index (χ1n) is 9.47. The van der Waals surface area contributed by atoms with Crippen LogP contribution in [-0.2, 0) is 21.3 Å². The van der Waals surface area contributed by atoms with Crippen LogP contribution in [0.4, 0.5) is 5.82 Å². The number of amides is 1. The fourth-order valence-corrected chi connectivity index (χ4v) is 4.01. The van der Waals surface area contributed by atoms with Crippen molar-refractivity contribution < 1.29 is 17.9 Å². The third-order valence-electron chi connectivity index (χ3n) is 4.67. The van der Waals surface area contributed by atoms with E-state index >= 15 is 0 Å². The highest BCUT2D eigenvalue weighted by molar-refractivity contribution is 7.89. The molecule has 2 aromatic rings. The maximum atomic E-state index is 12.4. The average molecular weight is 419 g/mol. The molecule has 0 spiro atoms. The summed E-state index contributed by atoms with van der Waals surface area (Å²) in [6.07, 6.45) is 3.45. The Balaban J connectivity index is 1.55. The maximum Gasteiger partial charge on any atom is 0.251 e. The molecule has 1 unspecified atom stereocenters. The van der Waals surface area contributed by atoms with Gasteiger partial charge in [0, 0.05) is 45.6 Å². The number of ether oxygens (including phenoxy) is 1. The second-order valence-corrected chi connectivity index (χ2v) is 8.88. The van der Waals surface area contributed by atoms with E-state index in [0.29, 0.717) is 18.7 Å². The zero-order chi connectivity index (χ0) is 20.9. The molecule has 1 aromatic carbocycles. The molecule has 1 atom stereocenters. The largest absolute Gasteiger partial charge is 0.377 e. The molecule has 1 aromatic heterocycles. The summed E-state index contributed by atoms with van der Waals surface area (Å²) in [5.74, 6) is 0.558. The highest BCUT2D eigenvalue weighted by atomic mass is 32.2. The number of benzene rings is 1. The van der Waals surface area contributed by atoms with Crippen molar-refractivity contribution in [2.24, 2.45) is 0 Å². The number of rotatable bonds is 8. The van der Waals surface area contributed by atoms with Gasteiger partial charge < -0.3 is 15.0 Å². The number of sulfonamides is 1. The van der Waals surface area contributed by atoms with E-state index in [0.717, 1.165) is 24.2 Å². The zero-order valence-corrected chi connectivity index (χ0v) is 17.4. The third-order valence-corrected chi connectivity index (χ3v) is 6.11. The van der Waals surface area contributed by atoms with Crippen molar-refractivity contribution in [2.45, 2.75) is 30.4 Å². The molecule has 1 aliphatic rings. The van der Waals surface area contributed by atoms with Crippen molar-refractivity contribution >= 4 is 21.7 Å². The van der Waals surface area contributed by atoms with Crippen molar-refractivity contribution in [3.05, 3.63) is 53.7 Å². The van der Waals surface area contributed by atoms with Crippen LogP contribution in [0.5, 0.6) is 0 Å². The summed E-state index contributed by atoms with van der Waals surface area (Å²) in [5.41, 5.74) is 1.27. The highest BCUT2D eigenvalue weighted by Gasteiger charge is 2.20. The average Bonchev–Trinajstić information content (AvgIpc) is 3.25. The molecule has 1 aliphatic heterocycles. The first-order valence-corrected chi connectivity index (χ1v) is 11.0. The first-order chi connectivity index (χ1) is 13.8. The smallest absolute Gasteiger partial charge is 0.251 e. The minimum atomic E-state index is -3.63. The predicted molar refractivity (Wildman–Crippen MR) is 110 cm³/mol. The van der Waals surface area contributed by atoms with Crippen molar-refractivity contribution in [3.63, 3.8) is 0 Å². The summed E-state index contributed by atoms with van der Waals surface area (Å²) < 4.78 is 32.7. The predicted octanol–water partition coefficient (Wildman–Crippen LogP) is 1.53. The Morgan fingerprint density at radius 1 is 1.21 bits per heavy atom. The quantitative estimate of drug-likeness (QED) is 0.674. The second-order valence-electron chi connectivity index (χ2n) is 7.11. The molecule has 29 heavy (non-hydrogen) atoms. The lowest BCUT2D eigenvalue weighted by Gasteiger charge is -2.12. The van der Waals surface area contributed by atoms with Gasteiger partial charge in [0.25, 0.3) is 5.91 Å². The molecule has 8 nitrogen and oxygen atoms in total. The highest BCUT2D eigenvalue weighted by Crippen LogP contribution is 2.14. The van der Waals surface area contributed by atoms with Gasteiger partial charge in [-0.25, -0.2) is 18.1 Å². The maximum absolute atomic E-state index is 12.4. The summed E-state index contributed by atoms with van der Waals surface area (Å²) in [7, 11) is 0.186. The number of hydrogen-bond donors (Lipinski definition) is 2. The van der Waals surface area contributed by atoms with E-state index in [1.807, 2.05) is 31.1 Å². The lowest BCUT2D eigenvalue weighted by molar-refractivity contribution is 0.0950. The molecule has 9 heteroatoms. The van der Waals surface area contributed by atoms with Gasteiger partial charge in [0.2, 0.25) is 10.0 Å². The molecule has 2 heterocycles. The molecule has 2 N–H and O–H groups in total. The molecule has 1 amide bonds. The summed E-state index contributed by atoms with van der Waals surface area (Å²) in [4.78, 5) is 18.7. The Morgan fingerprint density at radius 3 is 2.55 bits per heavy atom. The van der Waals surface area contributed by atoms with E-state index in [-0.39, 0.29) is 23.5 Å². The van der Waals surface area contributed by atoms with Crippen molar-refractivity contribution in [2.75, 3.05) is 32.1 Å². The van der Waals surface area contributed by atoms with E-state index in [4.69, 9.17) is 4.74 Å². The Labute approximate surface area is 171 Å². The molecule has 0 aliphatic carbocycles. The van der Waals surface area contributed by atoms with Gasteiger partial charge in [-0.3, -0.25) is 4.79 Å². The van der Waals surface area contributed by atoms with Gasteiger partial charge in [0.05, 0.1) is 11.0 Å². The van der Waals surface area contributed by atoms with Gasteiger partial charge in [0.15, 0.2) is 0 Å². The van der Waals surface area contributed by atoms with Gasteiger partial charge in [0.1, 0.15) is 5.82 Å². The Hall–Kier alpha value is -2.49. The Morgan fingerprint density at radius 2 is 1.97 bits per heavy atom. The van der Waals surface area contributed by atoms with Crippen LogP contribution >= 0.6 is 0 Å². The molecular formula is C20H26N4O4S. The monoisotopic (exact) mass is 418 g/mol. The molecule has 3 rings (SSSR count). The van der Waals surface area contributed by atoms with Gasteiger partial charge in [-0.05, 0) is 48.7 Å². The molecule has 156 valence electrons. The van der Waals surface area contributed by atoms with Crippen LogP contribution in [0.15, 0.2) is 47.5 Å². The normalized spacial score (nSPS) is 16.6. The van der Waals surface area contributed by atoms with Gasteiger partial charge >= 0.3 is 0 Å². The minimum Gasteiger partial charge on any atom is -0.377 e. The van der Waals surface area contributed by atoms with E-state index in [1.54, 1.807) is 6.20 Å². The van der Waals surface area contributed by atoms with Gasteiger partial charge in [-0.2, -0.15) is 0 Å². The molecular weight excluding hydrogens is 392 g/mol. The van der Waals surface area contributed by atoms with Crippen LogP contribution in [0.1, 0.15) is 28.8 Å². The summed E-state index contributed by atoms with van der Waals surface area (Å²) >= 11 is 0. The topological polar surface area (TPSA) is 101 Å². The minimum absolute atomic E-state index is 0.0730. The lowest BCUT2D eigenvalue weighted by Crippen LogP contribution is -2.31. The number of nitrogens with one attached hydrogen (secondary N) is 2. The van der Waals surface area contributed by atoms with Crippen LogP contribution < -0.4 is 14.9 Å². The third kappa shape index (κ3) is 5.75. The zero-order valence-electron chi connectivity index (χ0n) is 16.6. The fraction of sp³-hybridized carbons (Fsp3) is 0.400. The van der Waals surface area contributed by atoms with E-state index < -0.39 is 10.0 Å². The Bertz CT molecular complexity index is 922. The van der Waals surface area contributed by atoms with Crippen LogP contribution in [0, 0.1) is 0 Å². The van der Waals surface area contributed by atoms with Crippen LogP contribution in [0.25, 0.3) is 0 Å². The van der Waals surface area contributed by atoms with E-state index in [2.05, 4.69) is 15.0 Å². The molecule has 1 saturated heterocycles. The number of carbonyl (C=O) groups excluding carboxylic acids is 1. The van der Waals surface area contributed by atoms with Crippen molar-refractivity contribution in [3.8, 4) is 0 Å². The van der Waals surface area contributed by atoms with Crippen molar-refractivity contribution in [1.82, 2.24) is 15.0 Å². The summed E-state index contributed by atoms with van der Waals surface area (Å²) in [6, 6.07) is 9.65. The number of nitrogens with zero attached hydrogens (tertiary/aromatic N) is 2. The molecule has 1 fully saturated rings. The standard InChI is InChI=1S/C20H26N4O4S/c1-24(2)19-10-5-15(12-21-19)13-22-20(25)16-6-8-18(9-7-16)29(26,27)23-14-17-4-3-11-28-17/h5-10,12,17,23H,3-4,11,13-14H2,1-2H3,(H,22,25).